The smallest absolute Gasteiger partial charge is 0.124 e. The summed E-state index contributed by atoms with van der Waals surface area (Å²) in [6.07, 6.45) is 10.5. The van der Waals surface area contributed by atoms with Crippen LogP contribution in [0.4, 0.5) is 0 Å². The molecule has 1 N–H and O–H groups in total. The highest BCUT2D eigenvalue weighted by molar-refractivity contribution is 5.37. The SMILES string of the molecule is Cc1ccc(CN[C@@H](C)c2cnccn2)c(OC2CCCC2)c1. The Morgan fingerprint density at radius 2 is 2.09 bits per heavy atom. The summed E-state index contributed by atoms with van der Waals surface area (Å²) in [5.74, 6) is 1.02. The molecular formula is C19H25N3O. The minimum absolute atomic E-state index is 0.157. The number of hydrogen-bond acceptors (Lipinski definition) is 4. The zero-order valence-corrected chi connectivity index (χ0v) is 14.0. The zero-order valence-electron chi connectivity index (χ0n) is 14.0. The number of nitrogens with one attached hydrogen (secondary N) is 1. The molecule has 1 fully saturated rings. The maximum Gasteiger partial charge on any atom is 0.124 e. The summed E-state index contributed by atoms with van der Waals surface area (Å²) >= 11 is 0. The van der Waals surface area contributed by atoms with Gasteiger partial charge in [-0.25, -0.2) is 0 Å². The van der Waals surface area contributed by atoms with Gasteiger partial charge in [-0.3, -0.25) is 9.97 Å². The third-order valence-corrected chi connectivity index (χ3v) is 4.44. The van der Waals surface area contributed by atoms with Crippen LogP contribution in [0.5, 0.6) is 5.75 Å². The molecule has 23 heavy (non-hydrogen) atoms. The Balaban J connectivity index is 1.66. The van der Waals surface area contributed by atoms with Crippen LogP contribution in [0.2, 0.25) is 0 Å². The van der Waals surface area contributed by atoms with Crippen molar-refractivity contribution in [3.8, 4) is 5.75 Å². The molecule has 1 aromatic heterocycles. The van der Waals surface area contributed by atoms with Crippen LogP contribution in [0.3, 0.4) is 0 Å². The molecule has 1 atom stereocenters. The molecule has 4 nitrogen and oxygen atoms in total. The third-order valence-electron chi connectivity index (χ3n) is 4.44. The Bertz CT molecular complexity index is 624. The second-order valence-electron chi connectivity index (χ2n) is 6.37. The van der Waals surface area contributed by atoms with E-state index in [0.29, 0.717) is 6.10 Å². The highest BCUT2D eigenvalue weighted by Crippen LogP contribution is 2.28. The van der Waals surface area contributed by atoms with Crippen LogP contribution in [0.25, 0.3) is 0 Å². The van der Waals surface area contributed by atoms with Crippen LogP contribution >= 0.6 is 0 Å². The number of benzene rings is 1. The Morgan fingerprint density at radius 3 is 2.83 bits per heavy atom. The molecule has 1 aromatic carbocycles. The molecule has 1 aliphatic rings. The van der Waals surface area contributed by atoms with Crippen LogP contribution in [0.15, 0.2) is 36.8 Å². The van der Waals surface area contributed by atoms with Gasteiger partial charge in [0.15, 0.2) is 0 Å². The van der Waals surface area contributed by atoms with Crippen LogP contribution < -0.4 is 10.1 Å². The normalized spacial score (nSPS) is 16.4. The molecule has 0 bridgehead atoms. The van der Waals surface area contributed by atoms with Gasteiger partial charge in [0.1, 0.15) is 5.75 Å². The summed E-state index contributed by atoms with van der Waals surface area (Å²) in [4.78, 5) is 8.49. The largest absolute Gasteiger partial charge is 0.490 e. The van der Waals surface area contributed by atoms with Gasteiger partial charge in [-0.05, 0) is 51.2 Å². The number of ether oxygens (including phenoxy) is 1. The first kappa shape index (κ1) is 15.9. The van der Waals surface area contributed by atoms with Crippen molar-refractivity contribution in [1.82, 2.24) is 15.3 Å². The molecule has 0 amide bonds. The lowest BCUT2D eigenvalue weighted by atomic mass is 10.1. The number of aryl methyl sites for hydroxylation is 1. The number of hydrogen-bond donors (Lipinski definition) is 1. The summed E-state index contributed by atoms with van der Waals surface area (Å²) in [6, 6.07) is 6.62. The van der Waals surface area contributed by atoms with Crippen molar-refractivity contribution in [3.05, 3.63) is 53.6 Å². The molecule has 0 saturated heterocycles. The molecule has 3 rings (SSSR count). The minimum Gasteiger partial charge on any atom is -0.490 e. The van der Waals surface area contributed by atoms with Gasteiger partial charge in [0, 0.05) is 36.7 Å². The predicted molar refractivity (Wildman–Crippen MR) is 91.3 cm³/mol. The van der Waals surface area contributed by atoms with Gasteiger partial charge < -0.3 is 10.1 Å². The Morgan fingerprint density at radius 1 is 1.26 bits per heavy atom. The van der Waals surface area contributed by atoms with E-state index in [9.17, 15) is 0 Å². The topological polar surface area (TPSA) is 47.0 Å². The summed E-state index contributed by atoms with van der Waals surface area (Å²) in [6.45, 7) is 4.98. The molecule has 0 radical (unpaired) electrons. The fraction of sp³-hybridized carbons (Fsp3) is 0.474. The van der Waals surface area contributed by atoms with Crippen molar-refractivity contribution in [2.75, 3.05) is 0 Å². The second-order valence-corrected chi connectivity index (χ2v) is 6.37. The summed E-state index contributed by atoms with van der Waals surface area (Å²) in [5.41, 5.74) is 3.40. The molecule has 1 aliphatic carbocycles. The van der Waals surface area contributed by atoms with Crippen molar-refractivity contribution in [3.63, 3.8) is 0 Å². The first-order valence-electron chi connectivity index (χ1n) is 8.48. The zero-order chi connectivity index (χ0) is 16.1. The minimum atomic E-state index is 0.157. The van der Waals surface area contributed by atoms with Gasteiger partial charge in [0.2, 0.25) is 0 Å². The van der Waals surface area contributed by atoms with E-state index in [2.05, 4.69) is 47.3 Å². The molecule has 0 unspecified atom stereocenters. The van der Waals surface area contributed by atoms with Gasteiger partial charge in [-0.2, -0.15) is 0 Å². The lowest BCUT2D eigenvalue weighted by molar-refractivity contribution is 0.207. The first-order valence-corrected chi connectivity index (χ1v) is 8.48. The second kappa shape index (κ2) is 7.55. The number of rotatable bonds is 6. The lowest BCUT2D eigenvalue weighted by Gasteiger charge is -2.19. The maximum absolute atomic E-state index is 6.26. The number of aromatic nitrogens is 2. The average molecular weight is 311 g/mol. The van der Waals surface area contributed by atoms with E-state index < -0.39 is 0 Å². The van der Waals surface area contributed by atoms with E-state index in [4.69, 9.17) is 4.74 Å². The van der Waals surface area contributed by atoms with E-state index >= 15 is 0 Å². The van der Waals surface area contributed by atoms with Crippen molar-refractivity contribution in [2.45, 2.75) is 58.2 Å². The predicted octanol–water partition coefficient (Wildman–Crippen LogP) is 3.96. The van der Waals surface area contributed by atoms with Crippen LogP contribution in [0, 0.1) is 6.92 Å². The van der Waals surface area contributed by atoms with Gasteiger partial charge in [0.25, 0.3) is 0 Å². The molecule has 0 spiro atoms. The fourth-order valence-electron chi connectivity index (χ4n) is 3.01. The molecule has 2 aromatic rings. The summed E-state index contributed by atoms with van der Waals surface area (Å²) in [5, 5.41) is 3.52. The standard InChI is InChI=1S/C19H25N3O/c1-14-7-8-16(19(11-14)23-17-5-3-4-6-17)12-22-15(2)18-13-20-9-10-21-18/h7-11,13,15,17,22H,3-6,12H2,1-2H3/t15-/m0/s1. The first-order chi connectivity index (χ1) is 11.2. The van der Waals surface area contributed by atoms with E-state index in [1.165, 1.54) is 36.8 Å². The van der Waals surface area contributed by atoms with Crippen molar-refractivity contribution in [2.24, 2.45) is 0 Å². The third kappa shape index (κ3) is 4.29. The van der Waals surface area contributed by atoms with Gasteiger partial charge in [-0.15, -0.1) is 0 Å². The van der Waals surface area contributed by atoms with Gasteiger partial charge in [-0.1, -0.05) is 12.1 Å². The Labute approximate surface area is 138 Å². The average Bonchev–Trinajstić information content (AvgIpc) is 3.08. The molecule has 122 valence electrons. The fourth-order valence-corrected chi connectivity index (χ4v) is 3.01. The lowest BCUT2D eigenvalue weighted by Crippen LogP contribution is -2.20. The van der Waals surface area contributed by atoms with Crippen molar-refractivity contribution < 1.29 is 4.74 Å². The molecule has 1 heterocycles. The van der Waals surface area contributed by atoms with Crippen molar-refractivity contribution >= 4 is 0 Å². The summed E-state index contributed by atoms with van der Waals surface area (Å²) < 4.78 is 6.26. The monoisotopic (exact) mass is 311 g/mol. The van der Waals surface area contributed by atoms with E-state index in [1.807, 2.05) is 6.20 Å². The Hall–Kier alpha value is -1.94. The Kier molecular flexibility index (Phi) is 5.23. The van der Waals surface area contributed by atoms with Crippen LogP contribution in [0.1, 0.15) is 55.5 Å². The highest BCUT2D eigenvalue weighted by Gasteiger charge is 2.18. The van der Waals surface area contributed by atoms with E-state index in [0.717, 1.165) is 18.0 Å². The van der Waals surface area contributed by atoms with Gasteiger partial charge in [0.05, 0.1) is 11.8 Å². The quantitative estimate of drug-likeness (QED) is 0.877. The molecular weight excluding hydrogens is 286 g/mol. The maximum atomic E-state index is 6.26. The molecule has 0 aliphatic heterocycles. The van der Waals surface area contributed by atoms with Crippen LogP contribution in [-0.2, 0) is 6.54 Å². The van der Waals surface area contributed by atoms with E-state index in [-0.39, 0.29) is 6.04 Å². The van der Waals surface area contributed by atoms with Gasteiger partial charge >= 0.3 is 0 Å². The summed E-state index contributed by atoms with van der Waals surface area (Å²) in [7, 11) is 0. The van der Waals surface area contributed by atoms with E-state index in [1.54, 1.807) is 12.4 Å². The number of nitrogens with zero attached hydrogens (tertiary/aromatic N) is 2. The van der Waals surface area contributed by atoms with Crippen LogP contribution in [-0.4, -0.2) is 16.1 Å². The van der Waals surface area contributed by atoms with Crippen molar-refractivity contribution in [1.29, 1.82) is 0 Å². The highest BCUT2D eigenvalue weighted by atomic mass is 16.5. The molecule has 1 saturated carbocycles. The molecule has 4 heteroatoms.